The van der Waals surface area contributed by atoms with Gasteiger partial charge in [0.05, 0.1) is 33.8 Å². The van der Waals surface area contributed by atoms with Crippen molar-refractivity contribution < 1.29 is 35.1 Å². The number of carbonyl (C=O) groups excluding carboxylic acids is 1. The van der Waals surface area contributed by atoms with Gasteiger partial charge in [-0.25, -0.2) is 34.6 Å². The highest BCUT2D eigenvalue weighted by atomic mass is 32.2. The highest BCUT2D eigenvalue weighted by Crippen LogP contribution is 2.28. The molecule has 10 nitrogen and oxygen atoms in total. The Hall–Kier alpha value is -4.32. The Bertz CT molecular complexity index is 1900. The van der Waals surface area contributed by atoms with Crippen molar-refractivity contribution in [1.29, 1.82) is 0 Å². The smallest absolute Gasteiger partial charge is 0.269 e. The summed E-state index contributed by atoms with van der Waals surface area (Å²) in [5.41, 5.74) is -1.39. The molecule has 0 unspecified atom stereocenters. The number of methoxy groups -OCH3 is 1. The van der Waals surface area contributed by atoms with Crippen LogP contribution in [0.4, 0.5) is 20.2 Å². The average Bonchev–Trinajstić information content (AvgIpc) is 3.29. The third kappa shape index (κ3) is 6.37. The molecule has 0 fully saturated rings. The molecule has 2 aromatic carbocycles. The number of ether oxygens (including phenoxy) is 1. The number of benzene rings is 2. The molecular formula is C27H24F2N4O6S2. The van der Waals surface area contributed by atoms with Crippen molar-refractivity contribution in [2.24, 2.45) is 0 Å². The first-order valence-electron chi connectivity index (χ1n) is 12.1. The zero-order chi connectivity index (χ0) is 29.8. The summed E-state index contributed by atoms with van der Waals surface area (Å²) in [6.07, 6.45) is 2.65. The highest BCUT2D eigenvalue weighted by molar-refractivity contribution is 7.92. The molecule has 0 bridgehead atoms. The molecule has 0 saturated heterocycles. The molecule has 2 aromatic heterocycles. The zero-order valence-electron chi connectivity index (χ0n) is 21.8. The van der Waals surface area contributed by atoms with Crippen LogP contribution in [0.1, 0.15) is 29.3 Å². The molecule has 0 atom stereocenters. The summed E-state index contributed by atoms with van der Waals surface area (Å²) in [5, 5.41) is 2.56. The van der Waals surface area contributed by atoms with Gasteiger partial charge in [0.25, 0.3) is 15.9 Å². The Kier molecular flexibility index (Phi) is 8.72. The molecule has 41 heavy (non-hydrogen) atoms. The number of fused-ring (bicyclic) bond motifs is 1. The van der Waals surface area contributed by atoms with E-state index in [4.69, 9.17) is 4.74 Å². The molecule has 2 N–H and O–H groups in total. The second-order valence-electron chi connectivity index (χ2n) is 8.65. The summed E-state index contributed by atoms with van der Waals surface area (Å²) in [4.78, 5) is 17.1. The average molecular weight is 603 g/mol. The molecule has 14 heteroatoms. The first-order chi connectivity index (χ1) is 19.5. The second kappa shape index (κ2) is 12.0. The number of rotatable bonds is 9. The first kappa shape index (κ1) is 29.7. The number of hydrogen-bond acceptors (Lipinski definition) is 7. The SMILES string of the molecule is CCCS(=O)(=O)Nc1ccc(F)c(C(=O)Nc2cnc3c(c2)c(C#CCOC)cn3S(=O)(=O)c2ccccc2)c1F. The van der Waals surface area contributed by atoms with E-state index in [0.29, 0.717) is 0 Å². The molecule has 0 saturated carbocycles. The van der Waals surface area contributed by atoms with Crippen LogP contribution in [-0.4, -0.2) is 51.2 Å². The van der Waals surface area contributed by atoms with Gasteiger partial charge in [-0.2, -0.15) is 0 Å². The van der Waals surface area contributed by atoms with Crippen LogP contribution in [0.3, 0.4) is 0 Å². The Balaban J connectivity index is 1.75. The topological polar surface area (TPSA) is 136 Å². The predicted octanol–water partition coefficient (Wildman–Crippen LogP) is 3.95. The summed E-state index contributed by atoms with van der Waals surface area (Å²) in [7, 11) is -6.55. The number of amides is 1. The summed E-state index contributed by atoms with van der Waals surface area (Å²) >= 11 is 0. The number of aromatic nitrogens is 2. The van der Waals surface area contributed by atoms with Crippen molar-refractivity contribution in [2.75, 3.05) is 29.5 Å². The largest absolute Gasteiger partial charge is 0.372 e. The molecule has 1 amide bonds. The molecule has 4 aromatic rings. The molecule has 0 aliphatic rings. The molecular weight excluding hydrogens is 578 g/mol. The number of pyridine rings is 1. The highest BCUT2D eigenvalue weighted by Gasteiger charge is 2.25. The fourth-order valence-corrected chi connectivity index (χ4v) is 6.34. The van der Waals surface area contributed by atoms with E-state index in [1.54, 1.807) is 25.1 Å². The van der Waals surface area contributed by atoms with Gasteiger partial charge in [0, 0.05) is 18.7 Å². The van der Waals surface area contributed by atoms with Gasteiger partial charge in [-0.1, -0.05) is 37.0 Å². The van der Waals surface area contributed by atoms with E-state index in [-0.39, 0.29) is 46.0 Å². The standard InChI is InChI=1S/C27H24F2N4O6S2/c1-3-14-40(35,36)32-23-12-11-22(28)24(25(23)29)27(34)31-19-15-21-18(8-7-13-39-2)17-33(26(21)30-16-19)41(37,38)20-9-5-4-6-10-20/h4-6,9-12,15-17,32H,3,13-14H2,1-2H3,(H,31,34). The number of nitrogens with one attached hydrogen (secondary N) is 2. The van der Waals surface area contributed by atoms with Gasteiger partial charge >= 0.3 is 0 Å². The Morgan fingerprint density at radius 3 is 2.51 bits per heavy atom. The molecule has 4 rings (SSSR count). The van der Waals surface area contributed by atoms with Crippen molar-refractivity contribution >= 4 is 48.4 Å². The Morgan fingerprint density at radius 2 is 1.83 bits per heavy atom. The molecule has 0 spiro atoms. The van der Waals surface area contributed by atoms with Crippen LogP contribution < -0.4 is 10.0 Å². The second-order valence-corrected chi connectivity index (χ2v) is 12.3. The number of anilines is 2. The van der Waals surface area contributed by atoms with Crippen LogP contribution in [0.25, 0.3) is 11.0 Å². The van der Waals surface area contributed by atoms with Crippen molar-refractivity contribution in [3.05, 3.63) is 83.7 Å². The molecule has 2 heterocycles. The van der Waals surface area contributed by atoms with Crippen LogP contribution >= 0.6 is 0 Å². The molecule has 214 valence electrons. The normalized spacial score (nSPS) is 11.6. The van der Waals surface area contributed by atoms with Gasteiger partial charge in [0.1, 0.15) is 18.0 Å². The van der Waals surface area contributed by atoms with Crippen molar-refractivity contribution in [3.8, 4) is 11.8 Å². The number of hydrogen-bond donors (Lipinski definition) is 2. The van der Waals surface area contributed by atoms with Crippen molar-refractivity contribution in [3.63, 3.8) is 0 Å². The maximum atomic E-state index is 15.1. The van der Waals surface area contributed by atoms with Gasteiger partial charge in [-0.3, -0.25) is 9.52 Å². The summed E-state index contributed by atoms with van der Waals surface area (Å²) in [6, 6.07) is 10.7. The molecule has 0 aliphatic carbocycles. The number of sulfonamides is 1. The van der Waals surface area contributed by atoms with Crippen molar-refractivity contribution in [2.45, 2.75) is 18.2 Å². The predicted molar refractivity (Wildman–Crippen MR) is 150 cm³/mol. The van der Waals surface area contributed by atoms with E-state index < -0.39 is 48.8 Å². The van der Waals surface area contributed by atoms with Crippen molar-refractivity contribution in [1.82, 2.24) is 8.96 Å². The zero-order valence-corrected chi connectivity index (χ0v) is 23.4. The van der Waals surface area contributed by atoms with Gasteiger partial charge in [-0.15, -0.1) is 0 Å². The molecule has 0 radical (unpaired) electrons. The Morgan fingerprint density at radius 1 is 1.10 bits per heavy atom. The van der Waals surface area contributed by atoms with Gasteiger partial charge < -0.3 is 10.1 Å². The lowest BCUT2D eigenvalue weighted by Crippen LogP contribution is -2.20. The van der Waals surface area contributed by atoms with E-state index >= 15 is 4.39 Å². The van der Waals surface area contributed by atoms with Crippen LogP contribution in [0.2, 0.25) is 0 Å². The van der Waals surface area contributed by atoms with E-state index in [2.05, 4.69) is 22.1 Å². The van der Waals surface area contributed by atoms with Crippen LogP contribution in [0.5, 0.6) is 0 Å². The van der Waals surface area contributed by atoms with Crippen LogP contribution in [0.15, 0.2) is 65.8 Å². The van der Waals surface area contributed by atoms with E-state index in [9.17, 15) is 26.0 Å². The fraction of sp³-hybridized carbons (Fsp3) is 0.185. The van der Waals surface area contributed by atoms with E-state index in [0.717, 1.165) is 22.3 Å². The van der Waals surface area contributed by atoms with Crippen LogP contribution in [0, 0.1) is 23.5 Å². The maximum absolute atomic E-state index is 15.1. The summed E-state index contributed by atoms with van der Waals surface area (Å²) < 4.78 is 88.4. The van der Waals surface area contributed by atoms with Gasteiger partial charge in [-0.05, 0) is 36.8 Å². The van der Waals surface area contributed by atoms with Gasteiger partial charge in [0.2, 0.25) is 10.0 Å². The summed E-state index contributed by atoms with van der Waals surface area (Å²) in [6.45, 7) is 1.67. The fourth-order valence-electron chi connectivity index (χ4n) is 3.86. The first-order valence-corrected chi connectivity index (χ1v) is 15.2. The monoisotopic (exact) mass is 602 g/mol. The van der Waals surface area contributed by atoms with E-state index in [1.807, 2.05) is 4.72 Å². The number of nitrogens with zero attached hydrogens (tertiary/aromatic N) is 2. The lowest BCUT2D eigenvalue weighted by molar-refractivity contribution is 0.101. The van der Waals surface area contributed by atoms with Crippen LogP contribution in [-0.2, 0) is 24.8 Å². The van der Waals surface area contributed by atoms with Gasteiger partial charge in [0.15, 0.2) is 11.5 Å². The molecule has 0 aliphatic heterocycles. The van der Waals surface area contributed by atoms with E-state index in [1.165, 1.54) is 31.5 Å². The lowest BCUT2D eigenvalue weighted by atomic mass is 10.1. The minimum Gasteiger partial charge on any atom is -0.372 e. The quantitative estimate of drug-likeness (QED) is 0.277. The lowest BCUT2D eigenvalue weighted by Gasteiger charge is -2.12. The third-order valence-electron chi connectivity index (χ3n) is 5.67. The third-order valence-corrected chi connectivity index (χ3v) is 8.81. The maximum Gasteiger partial charge on any atom is 0.269 e. The number of carbonyl (C=O) groups is 1. The minimum absolute atomic E-state index is 0.00161. The minimum atomic E-state index is -4.08. The summed E-state index contributed by atoms with van der Waals surface area (Å²) in [5.74, 6) is 1.39. The Labute approximate surface area is 235 Å². The number of halogens is 2.